The highest BCUT2D eigenvalue weighted by molar-refractivity contribution is 5.22. The van der Waals surface area contributed by atoms with Crippen molar-refractivity contribution in [1.29, 1.82) is 5.26 Å². The molecule has 1 saturated carbocycles. The van der Waals surface area contributed by atoms with Crippen LogP contribution in [-0.4, -0.2) is 0 Å². The zero-order chi connectivity index (χ0) is 16.7. The molecule has 1 aromatic rings. The maximum Gasteiger partial charge on any atom is 0.199 e. The minimum atomic E-state index is -0.795. The zero-order valence-corrected chi connectivity index (χ0v) is 12.9. The summed E-state index contributed by atoms with van der Waals surface area (Å²) in [6, 6.07) is 5.63. The van der Waals surface area contributed by atoms with Crippen LogP contribution in [0.1, 0.15) is 50.0 Å². The average molecular weight is 319 g/mol. The number of halogens is 3. The zero-order valence-electron chi connectivity index (χ0n) is 12.9. The molecule has 2 rings (SSSR count). The van der Waals surface area contributed by atoms with Gasteiger partial charge in [0.05, 0.1) is 0 Å². The van der Waals surface area contributed by atoms with E-state index in [1.165, 1.54) is 24.3 Å². The lowest BCUT2D eigenvalue weighted by atomic mass is 9.77. The molecule has 0 aliphatic heterocycles. The summed E-state index contributed by atoms with van der Waals surface area (Å²) in [4.78, 5) is 0. The van der Waals surface area contributed by atoms with Gasteiger partial charge >= 0.3 is 0 Å². The SMILES string of the molecule is N#C/C(F)=C/C=C/CCC1CCC(c2ccc(F)c(F)c2)CC1. The summed E-state index contributed by atoms with van der Waals surface area (Å²) in [5.74, 6) is -1.42. The van der Waals surface area contributed by atoms with Crippen LogP contribution >= 0.6 is 0 Å². The van der Waals surface area contributed by atoms with Gasteiger partial charge in [0.1, 0.15) is 6.07 Å². The third-order valence-electron chi connectivity index (χ3n) is 4.49. The first-order valence-corrected chi connectivity index (χ1v) is 7.97. The van der Waals surface area contributed by atoms with Gasteiger partial charge in [-0.1, -0.05) is 18.2 Å². The Morgan fingerprint density at radius 3 is 2.57 bits per heavy atom. The van der Waals surface area contributed by atoms with Crippen LogP contribution in [-0.2, 0) is 0 Å². The molecule has 0 N–H and O–H groups in total. The number of allylic oxidation sites excluding steroid dienone is 4. The fourth-order valence-corrected chi connectivity index (χ4v) is 3.17. The van der Waals surface area contributed by atoms with E-state index in [2.05, 4.69) is 0 Å². The molecule has 23 heavy (non-hydrogen) atoms. The summed E-state index contributed by atoms with van der Waals surface area (Å²) in [6.07, 6.45) is 10.6. The van der Waals surface area contributed by atoms with E-state index in [9.17, 15) is 13.2 Å². The second kappa shape index (κ2) is 8.57. The van der Waals surface area contributed by atoms with E-state index in [0.29, 0.717) is 11.8 Å². The van der Waals surface area contributed by atoms with E-state index >= 15 is 0 Å². The summed E-state index contributed by atoms with van der Waals surface area (Å²) in [5.41, 5.74) is 0.888. The molecular weight excluding hydrogens is 299 g/mol. The molecule has 1 nitrogen and oxygen atoms in total. The van der Waals surface area contributed by atoms with Gasteiger partial charge in [-0.25, -0.2) is 8.78 Å². The molecule has 0 bridgehead atoms. The smallest absolute Gasteiger partial charge is 0.199 e. The Kier molecular flexibility index (Phi) is 6.46. The van der Waals surface area contributed by atoms with E-state index < -0.39 is 17.5 Å². The highest BCUT2D eigenvalue weighted by atomic mass is 19.2. The Hall–Kier alpha value is -2.02. The van der Waals surface area contributed by atoms with Gasteiger partial charge in [-0.05, 0) is 74.1 Å². The summed E-state index contributed by atoms with van der Waals surface area (Å²) in [5, 5.41) is 8.27. The first-order valence-electron chi connectivity index (χ1n) is 7.97. The molecule has 0 amide bonds. The summed E-state index contributed by atoms with van der Waals surface area (Å²) in [6.45, 7) is 0. The van der Waals surface area contributed by atoms with E-state index in [1.807, 2.05) is 6.08 Å². The predicted molar refractivity (Wildman–Crippen MR) is 84.2 cm³/mol. The molecule has 0 unspecified atom stereocenters. The van der Waals surface area contributed by atoms with Crippen LogP contribution in [0.5, 0.6) is 0 Å². The Bertz CT molecular complexity index is 620. The Morgan fingerprint density at radius 2 is 1.91 bits per heavy atom. The first kappa shape index (κ1) is 17.3. The van der Waals surface area contributed by atoms with Gasteiger partial charge in [0.15, 0.2) is 17.5 Å². The molecule has 1 aromatic carbocycles. The summed E-state index contributed by atoms with van der Waals surface area (Å²) < 4.78 is 38.8. The molecule has 0 atom stereocenters. The largest absolute Gasteiger partial charge is 0.204 e. The Morgan fingerprint density at radius 1 is 1.17 bits per heavy atom. The summed E-state index contributed by atoms with van der Waals surface area (Å²) >= 11 is 0. The van der Waals surface area contributed by atoms with E-state index in [1.54, 1.807) is 12.1 Å². The molecule has 0 spiro atoms. The minimum Gasteiger partial charge on any atom is -0.204 e. The number of rotatable bonds is 5. The third kappa shape index (κ3) is 5.28. The third-order valence-corrected chi connectivity index (χ3v) is 4.49. The number of nitriles is 1. The Balaban J connectivity index is 1.76. The second-order valence-corrected chi connectivity index (χ2v) is 6.02. The second-order valence-electron chi connectivity index (χ2n) is 6.02. The topological polar surface area (TPSA) is 23.8 Å². The van der Waals surface area contributed by atoms with Gasteiger partial charge in [0.25, 0.3) is 0 Å². The maximum atomic E-state index is 13.3. The van der Waals surface area contributed by atoms with E-state index in [4.69, 9.17) is 5.26 Å². The highest BCUT2D eigenvalue weighted by Gasteiger charge is 2.22. The molecule has 122 valence electrons. The standard InChI is InChI=1S/C19H20F3N/c20-17(13-23)5-3-1-2-4-14-6-8-15(9-7-14)16-10-11-18(21)19(22)12-16/h1,3,5,10-12,14-15H,2,4,6-9H2/b3-1+,17-5-. The fourth-order valence-electron chi connectivity index (χ4n) is 3.17. The lowest BCUT2D eigenvalue weighted by Crippen LogP contribution is -2.13. The van der Waals surface area contributed by atoms with Gasteiger partial charge in [0.2, 0.25) is 0 Å². The van der Waals surface area contributed by atoms with Crippen LogP contribution in [0.3, 0.4) is 0 Å². The van der Waals surface area contributed by atoms with Crippen molar-refractivity contribution in [3.05, 3.63) is 59.5 Å². The molecule has 4 heteroatoms. The average Bonchev–Trinajstić information content (AvgIpc) is 2.57. The molecule has 1 fully saturated rings. The van der Waals surface area contributed by atoms with Crippen molar-refractivity contribution in [1.82, 2.24) is 0 Å². The van der Waals surface area contributed by atoms with Gasteiger partial charge in [-0.15, -0.1) is 0 Å². The van der Waals surface area contributed by atoms with Crippen LogP contribution in [0.4, 0.5) is 13.2 Å². The molecule has 1 aliphatic rings. The maximum absolute atomic E-state index is 13.3. The number of benzene rings is 1. The van der Waals surface area contributed by atoms with Crippen molar-refractivity contribution >= 4 is 0 Å². The molecule has 1 aliphatic carbocycles. The highest BCUT2D eigenvalue weighted by Crippen LogP contribution is 2.37. The predicted octanol–water partition coefficient (Wildman–Crippen LogP) is 5.95. The number of hydrogen-bond donors (Lipinski definition) is 0. The lowest BCUT2D eigenvalue weighted by Gasteiger charge is -2.28. The van der Waals surface area contributed by atoms with Crippen LogP contribution in [0.25, 0.3) is 0 Å². The van der Waals surface area contributed by atoms with Gasteiger partial charge < -0.3 is 0 Å². The molecular formula is C19H20F3N. The van der Waals surface area contributed by atoms with Crippen molar-refractivity contribution in [2.75, 3.05) is 0 Å². The minimum absolute atomic E-state index is 0.310. The number of nitrogens with zero attached hydrogens (tertiary/aromatic N) is 1. The molecule has 0 heterocycles. The van der Waals surface area contributed by atoms with Gasteiger partial charge in [-0.2, -0.15) is 9.65 Å². The van der Waals surface area contributed by atoms with Crippen molar-refractivity contribution in [3.8, 4) is 6.07 Å². The monoisotopic (exact) mass is 319 g/mol. The van der Waals surface area contributed by atoms with Crippen molar-refractivity contribution in [2.24, 2.45) is 5.92 Å². The van der Waals surface area contributed by atoms with Crippen LogP contribution < -0.4 is 0 Å². The quantitative estimate of drug-likeness (QED) is 0.486. The van der Waals surface area contributed by atoms with Crippen LogP contribution in [0.2, 0.25) is 0 Å². The lowest BCUT2D eigenvalue weighted by molar-refractivity contribution is 0.311. The summed E-state index contributed by atoms with van der Waals surface area (Å²) in [7, 11) is 0. The molecule has 0 radical (unpaired) electrons. The number of hydrogen-bond acceptors (Lipinski definition) is 1. The van der Waals surface area contributed by atoms with Crippen LogP contribution in [0, 0.1) is 28.9 Å². The fraction of sp³-hybridized carbons (Fsp3) is 0.421. The van der Waals surface area contributed by atoms with E-state index in [-0.39, 0.29) is 0 Å². The Labute approximate surface area is 135 Å². The molecule has 0 aromatic heterocycles. The van der Waals surface area contributed by atoms with Crippen molar-refractivity contribution in [2.45, 2.75) is 44.4 Å². The normalized spacial score (nSPS) is 22.3. The molecule has 0 saturated heterocycles. The van der Waals surface area contributed by atoms with Crippen molar-refractivity contribution < 1.29 is 13.2 Å². The van der Waals surface area contributed by atoms with E-state index in [0.717, 1.165) is 44.1 Å². The van der Waals surface area contributed by atoms with Gasteiger partial charge in [0, 0.05) is 0 Å². The van der Waals surface area contributed by atoms with Gasteiger partial charge in [-0.3, -0.25) is 0 Å². The van der Waals surface area contributed by atoms with Crippen molar-refractivity contribution in [3.63, 3.8) is 0 Å². The van der Waals surface area contributed by atoms with Crippen LogP contribution in [0.15, 0.2) is 42.3 Å². The first-order chi connectivity index (χ1) is 11.1.